The van der Waals surface area contributed by atoms with E-state index in [4.69, 9.17) is 4.74 Å². The monoisotopic (exact) mass is 372 g/mol. The van der Waals surface area contributed by atoms with Crippen LogP contribution < -0.4 is 4.74 Å². The second-order valence-corrected chi connectivity index (χ2v) is 6.97. The molecule has 2 aliphatic carbocycles. The Morgan fingerprint density at radius 2 is 1.89 bits per heavy atom. The lowest BCUT2D eigenvalue weighted by atomic mass is 9.98. The van der Waals surface area contributed by atoms with Crippen molar-refractivity contribution in [1.82, 2.24) is 0 Å². The van der Waals surface area contributed by atoms with Crippen molar-refractivity contribution in [3.05, 3.63) is 26.6 Å². The van der Waals surface area contributed by atoms with Crippen LogP contribution in [0.25, 0.3) is 0 Å². The number of fused-ring (bicyclic) bond motifs is 2. The molecule has 0 radical (unpaired) electrons. The predicted molar refractivity (Wildman–Crippen MR) is 77.1 cm³/mol. The van der Waals surface area contributed by atoms with E-state index >= 15 is 0 Å². The second kappa shape index (κ2) is 4.97. The Balaban J connectivity index is 1.82. The van der Waals surface area contributed by atoms with Gasteiger partial charge in [-0.25, -0.2) is 0 Å². The van der Waals surface area contributed by atoms with Gasteiger partial charge in [-0.15, -0.1) is 0 Å². The molecule has 18 heavy (non-hydrogen) atoms. The fourth-order valence-electron chi connectivity index (χ4n) is 3.24. The third-order valence-corrected chi connectivity index (χ3v) is 5.28. The highest BCUT2D eigenvalue weighted by molar-refractivity contribution is 9.11. The van der Waals surface area contributed by atoms with Crippen molar-refractivity contribution < 1.29 is 9.53 Å². The molecule has 0 N–H and O–H groups in total. The summed E-state index contributed by atoms with van der Waals surface area (Å²) < 4.78 is 7.86. The minimum absolute atomic E-state index is 0.346. The smallest absolute Gasteiger partial charge is 0.150 e. The molecular formula is C14H14Br2O2. The summed E-state index contributed by atoms with van der Waals surface area (Å²) in [5.41, 5.74) is 0.647. The quantitative estimate of drug-likeness (QED) is 0.724. The van der Waals surface area contributed by atoms with Crippen LogP contribution in [0.5, 0.6) is 5.75 Å². The van der Waals surface area contributed by atoms with Gasteiger partial charge in [0.25, 0.3) is 0 Å². The topological polar surface area (TPSA) is 26.3 Å². The third-order valence-electron chi connectivity index (χ3n) is 4.10. The highest BCUT2D eigenvalue weighted by Gasteiger charge is 2.41. The highest BCUT2D eigenvalue weighted by Crippen LogP contribution is 2.47. The van der Waals surface area contributed by atoms with Crippen molar-refractivity contribution in [3.8, 4) is 5.75 Å². The Morgan fingerprint density at radius 3 is 2.39 bits per heavy atom. The number of halogens is 2. The average Bonchev–Trinajstić information content (AvgIpc) is 2.95. The highest BCUT2D eigenvalue weighted by atomic mass is 79.9. The van der Waals surface area contributed by atoms with Gasteiger partial charge >= 0.3 is 0 Å². The van der Waals surface area contributed by atoms with Crippen LogP contribution in [0.2, 0.25) is 0 Å². The van der Waals surface area contributed by atoms with Crippen LogP contribution in [0.3, 0.4) is 0 Å². The van der Waals surface area contributed by atoms with Gasteiger partial charge in [0.2, 0.25) is 0 Å². The largest absolute Gasteiger partial charge is 0.488 e. The number of hydrogen-bond acceptors (Lipinski definition) is 2. The van der Waals surface area contributed by atoms with Crippen LogP contribution in [0.1, 0.15) is 36.0 Å². The first-order chi connectivity index (χ1) is 8.67. The molecule has 3 rings (SSSR count). The van der Waals surface area contributed by atoms with Crippen molar-refractivity contribution in [2.45, 2.75) is 31.8 Å². The van der Waals surface area contributed by atoms with Gasteiger partial charge in [0.15, 0.2) is 0 Å². The minimum Gasteiger partial charge on any atom is -0.488 e. The number of carbonyl (C=O) groups is 1. The Bertz CT molecular complexity index is 464. The van der Waals surface area contributed by atoms with Crippen LogP contribution in [-0.4, -0.2) is 12.4 Å². The predicted octanol–water partition coefficient (Wildman–Crippen LogP) is 4.59. The molecular weight excluding hydrogens is 360 g/mol. The maximum atomic E-state index is 10.8. The number of benzene rings is 1. The summed E-state index contributed by atoms with van der Waals surface area (Å²) in [4.78, 5) is 10.8. The van der Waals surface area contributed by atoms with Crippen LogP contribution in [0.4, 0.5) is 0 Å². The van der Waals surface area contributed by atoms with Crippen molar-refractivity contribution in [1.29, 1.82) is 0 Å². The summed E-state index contributed by atoms with van der Waals surface area (Å²) in [5, 5.41) is 0. The maximum Gasteiger partial charge on any atom is 0.150 e. The zero-order valence-corrected chi connectivity index (χ0v) is 13.0. The summed E-state index contributed by atoms with van der Waals surface area (Å²) in [6.45, 7) is 0. The normalized spacial score (nSPS) is 29.6. The molecule has 0 saturated heterocycles. The fraction of sp³-hybridized carbons (Fsp3) is 0.500. The van der Waals surface area contributed by atoms with Gasteiger partial charge in [0.05, 0.1) is 8.95 Å². The number of hydrogen-bond donors (Lipinski definition) is 0. The molecule has 4 heteroatoms. The molecule has 0 amide bonds. The summed E-state index contributed by atoms with van der Waals surface area (Å²) >= 11 is 6.97. The summed E-state index contributed by atoms with van der Waals surface area (Å²) in [5.74, 6) is 2.42. The molecule has 1 aromatic rings. The van der Waals surface area contributed by atoms with Crippen LogP contribution in [0.15, 0.2) is 21.1 Å². The zero-order chi connectivity index (χ0) is 12.7. The van der Waals surface area contributed by atoms with Crippen molar-refractivity contribution in [2.75, 3.05) is 0 Å². The molecule has 1 aromatic carbocycles. The molecule has 0 aliphatic heterocycles. The Morgan fingerprint density at radius 1 is 1.17 bits per heavy atom. The van der Waals surface area contributed by atoms with E-state index in [1.165, 1.54) is 25.7 Å². The molecule has 3 atom stereocenters. The standard InChI is InChI=1S/C14H14Br2O2/c15-11-4-9(7-17)5-12(16)14(11)18-13-6-8-1-2-10(13)3-8/h4-5,7-8,10,13H,1-3,6H2. The first-order valence-corrected chi connectivity index (χ1v) is 7.87. The molecule has 2 aliphatic rings. The van der Waals surface area contributed by atoms with E-state index in [1.807, 2.05) is 0 Å². The molecule has 2 bridgehead atoms. The van der Waals surface area contributed by atoms with Crippen molar-refractivity contribution >= 4 is 38.1 Å². The lowest BCUT2D eigenvalue weighted by molar-refractivity contribution is 0.112. The molecule has 2 fully saturated rings. The Kier molecular flexibility index (Phi) is 3.50. The summed E-state index contributed by atoms with van der Waals surface area (Å²) in [6.07, 6.45) is 6.37. The van der Waals surface area contributed by atoms with E-state index in [-0.39, 0.29) is 0 Å². The molecule has 0 spiro atoms. The Hall–Kier alpha value is -0.350. The summed E-state index contributed by atoms with van der Waals surface area (Å²) in [7, 11) is 0. The fourth-order valence-corrected chi connectivity index (χ4v) is 4.65. The van der Waals surface area contributed by atoms with Gasteiger partial charge in [-0.2, -0.15) is 0 Å². The second-order valence-electron chi connectivity index (χ2n) is 5.26. The average molecular weight is 374 g/mol. The number of carbonyl (C=O) groups excluding carboxylic acids is 1. The van der Waals surface area contributed by atoms with Gasteiger partial charge in [-0.3, -0.25) is 4.79 Å². The van der Waals surface area contributed by atoms with E-state index in [1.54, 1.807) is 12.1 Å². The van der Waals surface area contributed by atoms with Gasteiger partial charge < -0.3 is 4.74 Å². The van der Waals surface area contributed by atoms with E-state index in [0.29, 0.717) is 11.7 Å². The molecule has 2 nitrogen and oxygen atoms in total. The molecule has 0 heterocycles. The van der Waals surface area contributed by atoms with Gasteiger partial charge in [0, 0.05) is 5.56 Å². The zero-order valence-electron chi connectivity index (χ0n) is 9.86. The van der Waals surface area contributed by atoms with Gasteiger partial charge in [0.1, 0.15) is 18.1 Å². The SMILES string of the molecule is O=Cc1cc(Br)c(OC2CC3CCC2C3)c(Br)c1. The van der Waals surface area contributed by atoms with E-state index in [2.05, 4.69) is 31.9 Å². The van der Waals surface area contributed by atoms with Gasteiger partial charge in [-0.05, 0) is 81.5 Å². The minimum atomic E-state index is 0.346. The first-order valence-electron chi connectivity index (χ1n) is 6.28. The molecule has 3 unspecified atom stereocenters. The lowest BCUT2D eigenvalue weighted by Crippen LogP contribution is -2.23. The lowest BCUT2D eigenvalue weighted by Gasteiger charge is -2.24. The van der Waals surface area contributed by atoms with E-state index < -0.39 is 0 Å². The van der Waals surface area contributed by atoms with Crippen molar-refractivity contribution in [2.24, 2.45) is 11.8 Å². The van der Waals surface area contributed by atoms with E-state index in [0.717, 1.165) is 32.8 Å². The number of aldehydes is 1. The number of ether oxygens (including phenoxy) is 1. The van der Waals surface area contributed by atoms with Gasteiger partial charge in [-0.1, -0.05) is 0 Å². The first kappa shape index (κ1) is 12.7. The number of rotatable bonds is 3. The van der Waals surface area contributed by atoms with Crippen molar-refractivity contribution in [3.63, 3.8) is 0 Å². The third kappa shape index (κ3) is 2.25. The van der Waals surface area contributed by atoms with Crippen LogP contribution >= 0.6 is 31.9 Å². The molecule has 2 saturated carbocycles. The van der Waals surface area contributed by atoms with Crippen LogP contribution in [-0.2, 0) is 0 Å². The molecule has 0 aromatic heterocycles. The van der Waals surface area contributed by atoms with Crippen LogP contribution in [0, 0.1) is 11.8 Å². The van der Waals surface area contributed by atoms with E-state index in [9.17, 15) is 4.79 Å². The summed E-state index contributed by atoms with van der Waals surface area (Å²) in [6, 6.07) is 3.61. The Labute approximate surface area is 123 Å². The molecule has 96 valence electrons. The maximum absolute atomic E-state index is 10.8.